The Balaban J connectivity index is 1.89. The molecule has 1 heterocycles. The van der Waals surface area contributed by atoms with Crippen molar-refractivity contribution in [3.8, 4) is 0 Å². The van der Waals surface area contributed by atoms with Crippen LogP contribution in [0.2, 0.25) is 0 Å². The highest BCUT2D eigenvalue weighted by Crippen LogP contribution is 2.30. The summed E-state index contributed by atoms with van der Waals surface area (Å²) < 4.78 is 5.33. The monoisotopic (exact) mass is 383 g/mol. The van der Waals surface area contributed by atoms with Gasteiger partial charge in [-0.15, -0.1) is 0 Å². The number of hydrogen-bond acceptors (Lipinski definition) is 5. The van der Waals surface area contributed by atoms with Gasteiger partial charge in [0.15, 0.2) is 0 Å². The quantitative estimate of drug-likeness (QED) is 0.564. The first kappa shape index (κ1) is 19.8. The maximum atomic E-state index is 13.1. The van der Waals surface area contributed by atoms with Gasteiger partial charge in [0, 0.05) is 37.3 Å². The molecule has 1 amide bonds. The molecule has 1 aliphatic heterocycles. The van der Waals surface area contributed by atoms with E-state index >= 15 is 0 Å². The van der Waals surface area contributed by atoms with Crippen LogP contribution >= 0.6 is 0 Å². The summed E-state index contributed by atoms with van der Waals surface area (Å²) in [6.45, 7) is 6.61. The van der Waals surface area contributed by atoms with Crippen molar-refractivity contribution in [2.24, 2.45) is 0 Å². The largest absolute Gasteiger partial charge is 0.378 e. The average molecular weight is 383 g/mol. The number of morpholine rings is 1. The van der Waals surface area contributed by atoms with Gasteiger partial charge in [0.25, 0.3) is 11.6 Å². The number of nitro groups is 1. The smallest absolute Gasteiger partial charge is 0.293 e. The highest BCUT2D eigenvalue weighted by atomic mass is 16.6. The fourth-order valence-electron chi connectivity index (χ4n) is 3.31. The van der Waals surface area contributed by atoms with Crippen molar-refractivity contribution in [1.82, 2.24) is 4.90 Å². The molecule has 28 heavy (non-hydrogen) atoms. The van der Waals surface area contributed by atoms with Crippen LogP contribution in [0.25, 0.3) is 0 Å². The highest BCUT2D eigenvalue weighted by Gasteiger charge is 2.26. The van der Waals surface area contributed by atoms with Crippen molar-refractivity contribution in [2.75, 3.05) is 31.2 Å². The molecule has 148 valence electrons. The molecule has 1 fully saturated rings. The number of rotatable bonds is 6. The Hall–Kier alpha value is -2.93. The molecule has 7 heteroatoms. The minimum absolute atomic E-state index is 0.0364. The van der Waals surface area contributed by atoms with Crippen LogP contribution in [0.5, 0.6) is 0 Å². The molecule has 0 aromatic heterocycles. The third kappa shape index (κ3) is 4.48. The number of nitrogens with zero attached hydrogens (tertiary/aromatic N) is 3. The van der Waals surface area contributed by atoms with E-state index in [1.807, 2.05) is 49.1 Å². The summed E-state index contributed by atoms with van der Waals surface area (Å²) in [6.07, 6.45) is 0. The Labute approximate surface area is 164 Å². The van der Waals surface area contributed by atoms with E-state index in [0.29, 0.717) is 44.1 Å². The molecule has 0 spiro atoms. The van der Waals surface area contributed by atoms with Gasteiger partial charge in [-0.2, -0.15) is 0 Å². The lowest BCUT2D eigenvalue weighted by Crippen LogP contribution is -2.37. The second-order valence-corrected chi connectivity index (χ2v) is 7.07. The predicted molar refractivity (Wildman–Crippen MR) is 108 cm³/mol. The molecule has 0 radical (unpaired) electrons. The molecule has 0 aliphatic carbocycles. The first-order chi connectivity index (χ1) is 13.5. The van der Waals surface area contributed by atoms with Gasteiger partial charge in [-0.1, -0.05) is 30.3 Å². The third-order valence-corrected chi connectivity index (χ3v) is 4.85. The number of benzene rings is 2. The van der Waals surface area contributed by atoms with E-state index in [4.69, 9.17) is 4.74 Å². The molecule has 1 saturated heterocycles. The van der Waals surface area contributed by atoms with Gasteiger partial charge in [-0.3, -0.25) is 14.9 Å². The van der Waals surface area contributed by atoms with E-state index < -0.39 is 4.92 Å². The standard InChI is InChI=1S/C21H25N3O4/c1-16(2)23(15-17-6-4-3-5-7-17)21(25)18-8-9-19(20(14-18)24(26)27)22-10-12-28-13-11-22/h3-9,14,16H,10-13,15H2,1-2H3. The van der Waals surface area contributed by atoms with Gasteiger partial charge in [-0.05, 0) is 31.5 Å². The summed E-state index contributed by atoms with van der Waals surface area (Å²) >= 11 is 0. The summed E-state index contributed by atoms with van der Waals surface area (Å²) in [5.74, 6) is -0.213. The van der Waals surface area contributed by atoms with Crippen molar-refractivity contribution in [3.63, 3.8) is 0 Å². The molecule has 7 nitrogen and oxygen atoms in total. The van der Waals surface area contributed by atoms with Gasteiger partial charge in [0.2, 0.25) is 0 Å². The van der Waals surface area contributed by atoms with Crippen LogP contribution in [0.15, 0.2) is 48.5 Å². The van der Waals surface area contributed by atoms with Crippen molar-refractivity contribution in [3.05, 3.63) is 69.8 Å². The lowest BCUT2D eigenvalue weighted by molar-refractivity contribution is -0.384. The van der Waals surface area contributed by atoms with Gasteiger partial charge in [-0.25, -0.2) is 0 Å². The number of hydrogen-bond donors (Lipinski definition) is 0. The SMILES string of the molecule is CC(C)N(Cc1ccccc1)C(=O)c1ccc(N2CCOCC2)c([N+](=O)[O-])c1. The van der Waals surface area contributed by atoms with Crippen LogP contribution in [0.1, 0.15) is 29.8 Å². The first-order valence-electron chi connectivity index (χ1n) is 9.43. The second-order valence-electron chi connectivity index (χ2n) is 7.07. The van der Waals surface area contributed by atoms with Crippen molar-refractivity contribution in [1.29, 1.82) is 0 Å². The molecule has 2 aromatic carbocycles. The zero-order chi connectivity index (χ0) is 20.1. The summed E-state index contributed by atoms with van der Waals surface area (Å²) in [7, 11) is 0. The van der Waals surface area contributed by atoms with E-state index in [0.717, 1.165) is 5.56 Å². The Morgan fingerprint density at radius 2 is 1.86 bits per heavy atom. The minimum atomic E-state index is -0.418. The van der Waals surface area contributed by atoms with E-state index in [2.05, 4.69) is 0 Å². The van der Waals surface area contributed by atoms with Crippen LogP contribution in [0.3, 0.4) is 0 Å². The molecule has 3 rings (SSSR count). The second kappa shape index (κ2) is 8.84. The maximum Gasteiger partial charge on any atom is 0.293 e. The van der Waals surface area contributed by atoms with Crippen LogP contribution in [-0.4, -0.2) is 48.1 Å². The number of ether oxygens (including phenoxy) is 1. The zero-order valence-electron chi connectivity index (χ0n) is 16.2. The van der Waals surface area contributed by atoms with Gasteiger partial charge in [0.1, 0.15) is 5.69 Å². The number of amides is 1. The zero-order valence-corrected chi connectivity index (χ0v) is 16.2. The van der Waals surface area contributed by atoms with Crippen molar-refractivity contribution < 1.29 is 14.5 Å². The van der Waals surface area contributed by atoms with Gasteiger partial charge >= 0.3 is 0 Å². The Bertz CT molecular complexity index is 833. The lowest BCUT2D eigenvalue weighted by Gasteiger charge is -2.29. The lowest BCUT2D eigenvalue weighted by atomic mass is 10.1. The van der Waals surface area contributed by atoms with Crippen LogP contribution in [-0.2, 0) is 11.3 Å². The average Bonchev–Trinajstić information content (AvgIpc) is 2.72. The molecule has 0 bridgehead atoms. The Morgan fingerprint density at radius 1 is 1.18 bits per heavy atom. The van der Waals surface area contributed by atoms with E-state index in [1.165, 1.54) is 6.07 Å². The topological polar surface area (TPSA) is 75.9 Å². The minimum Gasteiger partial charge on any atom is -0.378 e. The number of carbonyl (C=O) groups excluding carboxylic acids is 1. The molecule has 0 unspecified atom stereocenters. The van der Waals surface area contributed by atoms with E-state index in [-0.39, 0.29) is 17.6 Å². The van der Waals surface area contributed by atoms with Gasteiger partial charge in [0.05, 0.1) is 18.1 Å². The summed E-state index contributed by atoms with van der Waals surface area (Å²) in [6, 6.07) is 14.4. The summed E-state index contributed by atoms with van der Waals surface area (Å²) in [4.78, 5) is 28.0. The van der Waals surface area contributed by atoms with Gasteiger partial charge < -0.3 is 14.5 Å². The molecule has 0 atom stereocenters. The fourth-order valence-corrected chi connectivity index (χ4v) is 3.31. The number of anilines is 1. The number of carbonyl (C=O) groups is 1. The Morgan fingerprint density at radius 3 is 2.46 bits per heavy atom. The van der Waals surface area contributed by atoms with Crippen molar-refractivity contribution in [2.45, 2.75) is 26.4 Å². The third-order valence-electron chi connectivity index (χ3n) is 4.85. The molecular weight excluding hydrogens is 358 g/mol. The molecule has 0 saturated carbocycles. The van der Waals surface area contributed by atoms with E-state index in [1.54, 1.807) is 17.0 Å². The Kier molecular flexibility index (Phi) is 6.26. The van der Waals surface area contributed by atoms with Crippen LogP contribution < -0.4 is 4.90 Å². The van der Waals surface area contributed by atoms with Crippen LogP contribution in [0, 0.1) is 10.1 Å². The molecular formula is C21H25N3O4. The highest BCUT2D eigenvalue weighted by molar-refractivity contribution is 5.96. The van der Waals surface area contributed by atoms with E-state index in [9.17, 15) is 14.9 Å². The predicted octanol–water partition coefficient (Wildman–Crippen LogP) is 3.48. The van der Waals surface area contributed by atoms with Crippen LogP contribution in [0.4, 0.5) is 11.4 Å². The molecule has 0 N–H and O–H groups in total. The fraction of sp³-hybridized carbons (Fsp3) is 0.381. The molecule has 2 aromatic rings. The van der Waals surface area contributed by atoms with Crippen molar-refractivity contribution >= 4 is 17.3 Å². The maximum absolute atomic E-state index is 13.1. The molecule has 1 aliphatic rings. The summed E-state index contributed by atoms with van der Waals surface area (Å²) in [5.41, 5.74) is 1.83. The normalized spacial score (nSPS) is 14.2. The summed E-state index contributed by atoms with van der Waals surface area (Å²) in [5, 5.41) is 11.7. The first-order valence-corrected chi connectivity index (χ1v) is 9.43. The number of nitro benzene ring substituents is 1.